The van der Waals surface area contributed by atoms with E-state index < -0.39 is 0 Å². The predicted octanol–water partition coefficient (Wildman–Crippen LogP) is 10.8. The van der Waals surface area contributed by atoms with Crippen molar-refractivity contribution in [1.82, 2.24) is 15.0 Å². The molecule has 0 aliphatic heterocycles. The Morgan fingerprint density at radius 3 is 2.06 bits per heavy atom. The van der Waals surface area contributed by atoms with Gasteiger partial charge in [-0.05, 0) is 58.0 Å². The second-order valence-electron chi connectivity index (χ2n) is 12.0. The molecule has 4 heteroatoms. The lowest BCUT2D eigenvalue weighted by Gasteiger charge is -2.19. The molecule has 1 atom stereocenters. The van der Waals surface area contributed by atoms with Crippen LogP contribution in [-0.4, -0.2) is 15.0 Å². The molecular formula is C43H29N3O. The number of furan rings is 1. The van der Waals surface area contributed by atoms with Gasteiger partial charge in [0.25, 0.3) is 0 Å². The van der Waals surface area contributed by atoms with Crippen molar-refractivity contribution in [2.45, 2.75) is 12.3 Å². The largest absolute Gasteiger partial charge is 0.456 e. The fraction of sp³-hybridized carbons (Fsp3) is 0.0465. The van der Waals surface area contributed by atoms with E-state index in [9.17, 15) is 0 Å². The van der Waals surface area contributed by atoms with E-state index in [4.69, 9.17) is 19.4 Å². The van der Waals surface area contributed by atoms with Crippen molar-refractivity contribution in [2.75, 3.05) is 0 Å². The molecule has 1 aliphatic carbocycles. The highest BCUT2D eigenvalue weighted by Gasteiger charge is 2.21. The zero-order valence-corrected chi connectivity index (χ0v) is 25.5. The number of benzene rings is 6. The first kappa shape index (κ1) is 27.2. The molecule has 0 N–H and O–H groups in total. The van der Waals surface area contributed by atoms with Gasteiger partial charge >= 0.3 is 0 Å². The Kier molecular flexibility index (Phi) is 6.57. The Morgan fingerprint density at radius 1 is 0.511 bits per heavy atom. The summed E-state index contributed by atoms with van der Waals surface area (Å²) >= 11 is 0. The van der Waals surface area contributed by atoms with Crippen molar-refractivity contribution in [3.05, 3.63) is 169 Å². The summed E-state index contributed by atoms with van der Waals surface area (Å²) in [5, 5.41) is 2.22. The Bertz CT molecular complexity index is 2440. The molecule has 0 fully saturated rings. The van der Waals surface area contributed by atoms with Crippen molar-refractivity contribution in [3.8, 4) is 45.0 Å². The average molecular weight is 604 g/mol. The molecule has 47 heavy (non-hydrogen) atoms. The number of fused-ring (bicyclic) bond motifs is 4. The minimum absolute atomic E-state index is 0.0446. The Labute approximate surface area is 272 Å². The van der Waals surface area contributed by atoms with Crippen molar-refractivity contribution >= 4 is 28.0 Å². The molecule has 9 rings (SSSR count). The minimum Gasteiger partial charge on any atom is -0.456 e. The van der Waals surface area contributed by atoms with E-state index >= 15 is 0 Å². The molecule has 0 amide bonds. The van der Waals surface area contributed by atoms with Gasteiger partial charge in [-0.25, -0.2) is 15.0 Å². The summed E-state index contributed by atoms with van der Waals surface area (Å²) in [5.41, 5.74) is 10.8. The molecule has 4 nitrogen and oxygen atoms in total. The van der Waals surface area contributed by atoms with Crippen molar-refractivity contribution < 1.29 is 4.42 Å². The van der Waals surface area contributed by atoms with Crippen molar-refractivity contribution in [3.63, 3.8) is 0 Å². The third kappa shape index (κ3) is 5.01. The van der Waals surface area contributed by atoms with Gasteiger partial charge in [-0.3, -0.25) is 0 Å². The molecule has 0 spiro atoms. The number of aromatic nitrogens is 3. The van der Waals surface area contributed by atoms with Crippen LogP contribution in [0.2, 0.25) is 0 Å². The van der Waals surface area contributed by atoms with Gasteiger partial charge in [-0.2, -0.15) is 0 Å². The molecule has 1 aliphatic rings. The van der Waals surface area contributed by atoms with Gasteiger partial charge in [-0.1, -0.05) is 140 Å². The van der Waals surface area contributed by atoms with E-state index in [0.29, 0.717) is 11.6 Å². The molecule has 2 aromatic heterocycles. The average Bonchev–Trinajstić information content (AvgIpc) is 3.54. The molecule has 0 saturated heterocycles. The molecule has 0 saturated carbocycles. The van der Waals surface area contributed by atoms with Crippen LogP contribution in [0.1, 0.15) is 22.9 Å². The molecule has 8 aromatic rings. The Hall–Kier alpha value is -6.13. The van der Waals surface area contributed by atoms with Gasteiger partial charge < -0.3 is 4.42 Å². The summed E-state index contributed by atoms with van der Waals surface area (Å²) in [5.74, 6) is 2.15. The van der Waals surface area contributed by atoms with Gasteiger partial charge in [0.1, 0.15) is 17.0 Å². The number of nitrogens with zero attached hydrogens (tertiary/aromatic N) is 3. The maximum Gasteiger partial charge on any atom is 0.163 e. The predicted molar refractivity (Wildman–Crippen MR) is 191 cm³/mol. The smallest absolute Gasteiger partial charge is 0.163 e. The highest BCUT2D eigenvalue weighted by atomic mass is 16.3. The van der Waals surface area contributed by atoms with E-state index in [-0.39, 0.29) is 5.92 Å². The topological polar surface area (TPSA) is 51.8 Å². The molecule has 0 bridgehead atoms. The zero-order chi connectivity index (χ0) is 31.2. The summed E-state index contributed by atoms with van der Waals surface area (Å²) in [4.78, 5) is 15.3. The summed E-state index contributed by atoms with van der Waals surface area (Å²) in [6, 6.07) is 50.4. The Balaban J connectivity index is 1.17. The maximum absolute atomic E-state index is 6.20. The molecular weight excluding hydrogens is 574 g/mol. The van der Waals surface area contributed by atoms with Gasteiger partial charge in [-0.15, -0.1) is 0 Å². The molecule has 222 valence electrons. The third-order valence-corrected chi connectivity index (χ3v) is 9.07. The first-order valence-corrected chi connectivity index (χ1v) is 16.0. The monoisotopic (exact) mass is 603 g/mol. The minimum atomic E-state index is 0.0446. The standard InChI is InChI=1S/C43H29N3O/c1-2-10-28(11-3-1)30-20-23-31(24-21-30)41-44-42(46-43(45-41)35-25-22-29-12-4-5-13-32(29)26-35)34-15-8-14-33(27-34)36-17-9-19-39-40(36)37-16-6-7-18-38(37)47-39/h1-25,27,35H,26H2. The fourth-order valence-electron chi connectivity index (χ4n) is 6.68. The van der Waals surface area contributed by atoms with Crippen LogP contribution in [0.4, 0.5) is 0 Å². The van der Waals surface area contributed by atoms with Gasteiger partial charge in [0, 0.05) is 27.8 Å². The normalized spacial score (nSPS) is 14.0. The van der Waals surface area contributed by atoms with Crippen LogP contribution in [0.3, 0.4) is 0 Å². The van der Waals surface area contributed by atoms with Gasteiger partial charge in [0.05, 0.1) is 0 Å². The van der Waals surface area contributed by atoms with Crippen LogP contribution in [0, 0.1) is 0 Å². The van der Waals surface area contributed by atoms with Crippen LogP contribution in [0.25, 0.3) is 73.0 Å². The summed E-state index contributed by atoms with van der Waals surface area (Å²) in [6.45, 7) is 0. The number of rotatable bonds is 5. The highest BCUT2D eigenvalue weighted by Crippen LogP contribution is 2.38. The summed E-state index contributed by atoms with van der Waals surface area (Å²) < 4.78 is 6.20. The quantitative estimate of drug-likeness (QED) is 0.196. The number of hydrogen-bond acceptors (Lipinski definition) is 4. The van der Waals surface area contributed by atoms with E-state index in [0.717, 1.165) is 62.0 Å². The zero-order valence-electron chi connectivity index (χ0n) is 25.5. The van der Waals surface area contributed by atoms with Gasteiger partial charge in [0.15, 0.2) is 11.6 Å². The number of hydrogen-bond donors (Lipinski definition) is 0. The number of para-hydroxylation sites is 1. The highest BCUT2D eigenvalue weighted by molar-refractivity contribution is 6.12. The second-order valence-corrected chi connectivity index (χ2v) is 12.0. The second kappa shape index (κ2) is 11.3. The Morgan fingerprint density at radius 2 is 1.17 bits per heavy atom. The molecule has 1 unspecified atom stereocenters. The first-order chi connectivity index (χ1) is 23.3. The first-order valence-electron chi connectivity index (χ1n) is 16.0. The van der Waals surface area contributed by atoms with Gasteiger partial charge in [0.2, 0.25) is 0 Å². The summed E-state index contributed by atoms with van der Waals surface area (Å²) in [6.07, 6.45) is 5.26. The molecule has 2 heterocycles. The van der Waals surface area contributed by atoms with E-state index in [2.05, 4.69) is 133 Å². The van der Waals surface area contributed by atoms with E-state index in [1.54, 1.807) is 0 Å². The van der Waals surface area contributed by atoms with Crippen LogP contribution < -0.4 is 0 Å². The van der Waals surface area contributed by atoms with E-state index in [1.807, 2.05) is 24.3 Å². The fourth-order valence-corrected chi connectivity index (χ4v) is 6.68. The number of allylic oxidation sites excluding steroid dienone is 1. The van der Waals surface area contributed by atoms with Crippen LogP contribution in [-0.2, 0) is 6.42 Å². The SMILES string of the molecule is C1=CC(c2nc(-c3ccc(-c4ccccc4)cc3)nc(-c3cccc(-c4cccc5oc6ccccc6c45)c3)n2)Cc2ccccc21. The third-order valence-electron chi connectivity index (χ3n) is 9.07. The van der Waals surface area contributed by atoms with E-state index in [1.165, 1.54) is 16.7 Å². The van der Waals surface area contributed by atoms with Crippen molar-refractivity contribution in [1.29, 1.82) is 0 Å². The summed E-state index contributed by atoms with van der Waals surface area (Å²) in [7, 11) is 0. The lowest BCUT2D eigenvalue weighted by Crippen LogP contribution is -2.12. The molecule has 0 radical (unpaired) electrons. The molecule has 6 aromatic carbocycles. The van der Waals surface area contributed by atoms with Crippen molar-refractivity contribution in [2.24, 2.45) is 0 Å². The van der Waals surface area contributed by atoms with Crippen LogP contribution >= 0.6 is 0 Å². The lowest BCUT2D eigenvalue weighted by atomic mass is 9.89. The van der Waals surface area contributed by atoms with Crippen LogP contribution in [0.15, 0.2) is 156 Å². The lowest BCUT2D eigenvalue weighted by molar-refractivity contribution is 0.669. The maximum atomic E-state index is 6.20. The van der Waals surface area contributed by atoms with Crippen LogP contribution in [0.5, 0.6) is 0 Å².